The topological polar surface area (TPSA) is 60.2 Å². The summed E-state index contributed by atoms with van der Waals surface area (Å²) in [4.78, 5) is 1.14. The van der Waals surface area contributed by atoms with E-state index in [1.807, 2.05) is 12.1 Å². The van der Waals surface area contributed by atoms with Crippen LogP contribution in [0.4, 0.5) is 0 Å². The fraction of sp³-hybridized carbons (Fsp3) is 0.400. The summed E-state index contributed by atoms with van der Waals surface area (Å²) in [5.41, 5.74) is 0.892. The maximum atomic E-state index is 5.04. The molecule has 86 valence electrons. The fourth-order valence-electron chi connectivity index (χ4n) is 1.26. The molecule has 2 rings (SSSR count). The number of rotatable bonds is 5. The molecule has 1 atom stereocenters. The first kappa shape index (κ1) is 11.1. The molecule has 2 aromatic rings. The predicted molar refractivity (Wildman–Crippen MR) is 60.4 cm³/mol. The molecule has 2 heterocycles. The van der Waals surface area contributed by atoms with Crippen LogP contribution in [0.2, 0.25) is 0 Å². The van der Waals surface area contributed by atoms with Crippen LogP contribution < -0.4 is 10.1 Å². The average molecular weight is 239 g/mol. The zero-order valence-electron chi connectivity index (χ0n) is 9.14. The second-order valence-electron chi connectivity index (χ2n) is 3.37. The molecule has 1 N–H and O–H groups in total. The number of hydrogen-bond donors (Lipinski definition) is 1. The molecular formula is C10H13N3O2S. The number of ether oxygens (including phenoxy) is 1. The molecule has 0 aromatic carbocycles. The van der Waals surface area contributed by atoms with Gasteiger partial charge < -0.3 is 14.6 Å². The summed E-state index contributed by atoms with van der Waals surface area (Å²) in [5.74, 6) is 0.662. The van der Waals surface area contributed by atoms with Crippen LogP contribution in [-0.2, 0) is 6.54 Å². The molecule has 0 radical (unpaired) electrons. The summed E-state index contributed by atoms with van der Waals surface area (Å²) in [5, 5.41) is 7.16. The Labute approximate surface area is 97.6 Å². The predicted octanol–water partition coefficient (Wildman–Crippen LogP) is 1.99. The number of nitrogens with one attached hydrogen (secondary N) is 1. The summed E-state index contributed by atoms with van der Waals surface area (Å²) in [6, 6.07) is 4.00. The Morgan fingerprint density at radius 3 is 3.12 bits per heavy atom. The van der Waals surface area contributed by atoms with Crippen molar-refractivity contribution in [3.63, 3.8) is 0 Å². The van der Waals surface area contributed by atoms with E-state index >= 15 is 0 Å². The van der Waals surface area contributed by atoms with Crippen LogP contribution in [0, 0.1) is 0 Å². The third-order valence-electron chi connectivity index (χ3n) is 2.22. The van der Waals surface area contributed by atoms with Crippen LogP contribution in [0.3, 0.4) is 0 Å². The van der Waals surface area contributed by atoms with Crippen LogP contribution in [0.25, 0.3) is 0 Å². The van der Waals surface area contributed by atoms with Crippen molar-refractivity contribution in [1.29, 1.82) is 0 Å². The molecule has 0 amide bonds. The van der Waals surface area contributed by atoms with E-state index in [1.54, 1.807) is 13.4 Å². The number of nitrogens with zero attached hydrogens (tertiary/aromatic N) is 2. The van der Waals surface area contributed by atoms with E-state index in [-0.39, 0.29) is 6.04 Å². The minimum atomic E-state index is 0.220. The first-order chi connectivity index (χ1) is 7.79. The standard InChI is InChI=1S/C10H13N3O2S/c1-7(9-5-10(14-2)13-16-9)11-6-8-3-4-15-12-8/h3-5,7,11H,6H2,1-2H3. The molecule has 5 nitrogen and oxygen atoms in total. The molecule has 16 heavy (non-hydrogen) atoms. The van der Waals surface area contributed by atoms with Crippen molar-refractivity contribution in [3.05, 3.63) is 29.0 Å². The van der Waals surface area contributed by atoms with Gasteiger partial charge in [-0.1, -0.05) is 5.16 Å². The average Bonchev–Trinajstić information content (AvgIpc) is 2.96. The molecule has 0 saturated carbocycles. The Balaban J connectivity index is 1.90. The molecule has 0 aliphatic carbocycles. The highest BCUT2D eigenvalue weighted by molar-refractivity contribution is 7.06. The van der Waals surface area contributed by atoms with E-state index in [2.05, 4.69) is 21.8 Å². The third kappa shape index (κ3) is 2.59. The van der Waals surface area contributed by atoms with Crippen molar-refractivity contribution < 1.29 is 9.26 Å². The normalized spacial score (nSPS) is 12.6. The van der Waals surface area contributed by atoms with E-state index in [0.29, 0.717) is 12.4 Å². The van der Waals surface area contributed by atoms with Gasteiger partial charge in [0.1, 0.15) is 6.26 Å². The van der Waals surface area contributed by atoms with Gasteiger partial charge in [-0.05, 0) is 18.5 Å². The number of hydrogen-bond acceptors (Lipinski definition) is 6. The first-order valence-corrected chi connectivity index (χ1v) is 5.70. The third-order valence-corrected chi connectivity index (χ3v) is 3.18. The molecule has 0 saturated heterocycles. The molecular weight excluding hydrogens is 226 g/mol. The van der Waals surface area contributed by atoms with Crippen molar-refractivity contribution in [1.82, 2.24) is 14.8 Å². The molecule has 0 fully saturated rings. The fourth-order valence-corrected chi connectivity index (χ4v) is 1.98. The van der Waals surface area contributed by atoms with Gasteiger partial charge in [0, 0.05) is 29.6 Å². The molecule has 0 bridgehead atoms. The summed E-state index contributed by atoms with van der Waals surface area (Å²) in [6.07, 6.45) is 1.57. The smallest absolute Gasteiger partial charge is 0.225 e. The minimum Gasteiger partial charge on any atom is -0.480 e. The summed E-state index contributed by atoms with van der Waals surface area (Å²) in [7, 11) is 1.62. The van der Waals surface area contributed by atoms with Crippen LogP contribution in [-0.4, -0.2) is 16.6 Å². The van der Waals surface area contributed by atoms with Crippen molar-refractivity contribution in [2.75, 3.05) is 7.11 Å². The lowest BCUT2D eigenvalue weighted by atomic mass is 10.2. The summed E-state index contributed by atoms with van der Waals surface area (Å²) in [6.45, 7) is 2.75. The zero-order valence-corrected chi connectivity index (χ0v) is 9.95. The molecule has 0 spiro atoms. The van der Waals surface area contributed by atoms with Gasteiger partial charge in [-0.15, -0.1) is 0 Å². The first-order valence-electron chi connectivity index (χ1n) is 4.93. The number of aromatic nitrogens is 2. The molecule has 1 unspecified atom stereocenters. The van der Waals surface area contributed by atoms with Crippen LogP contribution in [0.5, 0.6) is 5.88 Å². The largest absolute Gasteiger partial charge is 0.480 e. The van der Waals surface area contributed by atoms with Crippen LogP contribution >= 0.6 is 11.5 Å². The van der Waals surface area contributed by atoms with Crippen LogP contribution in [0.15, 0.2) is 22.9 Å². The highest BCUT2D eigenvalue weighted by Crippen LogP contribution is 2.22. The molecule has 0 aliphatic rings. The van der Waals surface area contributed by atoms with E-state index in [1.165, 1.54) is 11.5 Å². The highest BCUT2D eigenvalue weighted by atomic mass is 32.1. The van der Waals surface area contributed by atoms with E-state index in [9.17, 15) is 0 Å². The maximum absolute atomic E-state index is 5.04. The lowest BCUT2D eigenvalue weighted by Crippen LogP contribution is -2.17. The Hall–Kier alpha value is -1.40. The second kappa shape index (κ2) is 5.09. The SMILES string of the molecule is COc1cc(C(C)NCc2ccon2)sn1. The van der Waals surface area contributed by atoms with Gasteiger partial charge in [-0.25, -0.2) is 0 Å². The lowest BCUT2D eigenvalue weighted by molar-refractivity contribution is 0.401. The van der Waals surface area contributed by atoms with Crippen LogP contribution in [0.1, 0.15) is 23.5 Å². The zero-order chi connectivity index (χ0) is 11.4. The minimum absolute atomic E-state index is 0.220. The highest BCUT2D eigenvalue weighted by Gasteiger charge is 2.10. The Morgan fingerprint density at radius 1 is 1.62 bits per heavy atom. The van der Waals surface area contributed by atoms with Crippen molar-refractivity contribution in [2.24, 2.45) is 0 Å². The van der Waals surface area contributed by atoms with Crippen molar-refractivity contribution in [3.8, 4) is 5.88 Å². The lowest BCUT2D eigenvalue weighted by Gasteiger charge is -2.09. The second-order valence-corrected chi connectivity index (χ2v) is 4.20. The Bertz CT molecular complexity index is 427. The van der Waals surface area contributed by atoms with Gasteiger partial charge >= 0.3 is 0 Å². The quantitative estimate of drug-likeness (QED) is 0.864. The monoisotopic (exact) mass is 239 g/mol. The van der Waals surface area contributed by atoms with E-state index < -0.39 is 0 Å². The molecule has 2 aromatic heterocycles. The van der Waals surface area contributed by atoms with E-state index in [0.717, 1.165) is 10.6 Å². The maximum Gasteiger partial charge on any atom is 0.225 e. The Morgan fingerprint density at radius 2 is 2.50 bits per heavy atom. The van der Waals surface area contributed by atoms with Gasteiger partial charge in [-0.2, -0.15) is 4.37 Å². The van der Waals surface area contributed by atoms with Gasteiger partial charge in [0.05, 0.1) is 12.8 Å². The summed E-state index contributed by atoms with van der Waals surface area (Å²) < 4.78 is 13.9. The van der Waals surface area contributed by atoms with Crippen molar-refractivity contribution in [2.45, 2.75) is 19.5 Å². The van der Waals surface area contributed by atoms with Crippen molar-refractivity contribution >= 4 is 11.5 Å². The van der Waals surface area contributed by atoms with E-state index in [4.69, 9.17) is 9.26 Å². The van der Waals surface area contributed by atoms with Gasteiger partial charge in [0.2, 0.25) is 5.88 Å². The Kier molecular flexibility index (Phi) is 3.53. The van der Waals surface area contributed by atoms with Gasteiger partial charge in [-0.3, -0.25) is 0 Å². The number of methoxy groups -OCH3 is 1. The van der Waals surface area contributed by atoms with Gasteiger partial charge in [0.25, 0.3) is 0 Å². The molecule has 0 aliphatic heterocycles. The van der Waals surface area contributed by atoms with Gasteiger partial charge in [0.15, 0.2) is 0 Å². The summed E-state index contributed by atoms with van der Waals surface area (Å²) >= 11 is 1.44. The molecule has 6 heteroatoms.